The maximum Gasteiger partial charge on any atom is 0.280 e. The molecular formula is C12H12N4O3. The number of nitrogens with one attached hydrogen (secondary N) is 1. The Balaban J connectivity index is 1.83. The van der Waals surface area contributed by atoms with Crippen LogP contribution in [0.25, 0.3) is 11.4 Å². The average Bonchev–Trinajstić information content (AvgIpc) is 3.13. The van der Waals surface area contributed by atoms with Gasteiger partial charge in [0.25, 0.3) is 5.69 Å². The van der Waals surface area contributed by atoms with Crippen LogP contribution in [-0.4, -0.2) is 21.1 Å². The summed E-state index contributed by atoms with van der Waals surface area (Å²) in [6, 6.07) is 6.90. The highest BCUT2D eigenvalue weighted by Crippen LogP contribution is 2.27. The summed E-state index contributed by atoms with van der Waals surface area (Å²) < 4.78 is 5.09. The van der Waals surface area contributed by atoms with Crippen molar-refractivity contribution in [3.8, 4) is 11.4 Å². The number of para-hydroxylation sites is 1. The van der Waals surface area contributed by atoms with Crippen LogP contribution >= 0.6 is 0 Å². The summed E-state index contributed by atoms with van der Waals surface area (Å²) in [5, 5.41) is 18.0. The molecule has 2 aromatic rings. The minimum Gasteiger partial charge on any atom is -0.338 e. The van der Waals surface area contributed by atoms with Crippen molar-refractivity contribution in [2.75, 3.05) is 0 Å². The maximum absolute atomic E-state index is 10.9. The first-order valence-corrected chi connectivity index (χ1v) is 6.04. The highest BCUT2D eigenvalue weighted by atomic mass is 16.6. The molecule has 0 spiro atoms. The van der Waals surface area contributed by atoms with Crippen molar-refractivity contribution in [1.82, 2.24) is 15.5 Å². The van der Waals surface area contributed by atoms with Crippen LogP contribution in [0.5, 0.6) is 0 Å². The van der Waals surface area contributed by atoms with Crippen LogP contribution in [0.4, 0.5) is 5.69 Å². The first-order chi connectivity index (χ1) is 9.24. The number of rotatable bonds is 5. The summed E-state index contributed by atoms with van der Waals surface area (Å²) in [6.07, 6.45) is 2.34. The van der Waals surface area contributed by atoms with Gasteiger partial charge >= 0.3 is 0 Å². The minimum absolute atomic E-state index is 0.0231. The van der Waals surface area contributed by atoms with Gasteiger partial charge in [0.05, 0.1) is 11.5 Å². The molecule has 0 amide bonds. The number of nitrogens with zero attached hydrogens (tertiary/aromatic N) is 3. The lowest BCUT2D eigenvalue weighted by Crippen LogP contribution is -2.15. The first-order valence-electron chi connectivity index (χ1n) is 6.04. The monoisotopic (exact) mass is 260 g/mol. The summed E-state index contributed by atoms with van der Waals surface area (Å²) in [7, 11) is 0. The van der Waals surface area contributed by atoms with Crippen molar-refractivity contribution in [2.24, 2.45) is 0 Å². The van der Waals surface area contributed by atoms with Gasteiger partial charge in [0.2, 0.25) is 11.7 Å². The fourth-order valence-electron chi connectivity index (χ4n) is 1.78. The van der Waals surface area contributed by atoms with E-state index < -0.39 is 4.92 Å². The molecule has 3 rings (SSSR count). The number of hydrogen-bond acceptors (Lipinski definition) is 6. The Morgan fingerprint density at radius 2 is 2.21 bits per heavy atom. The Morgan fingerprint density at radius 1 is 1.42 bits per heavy atom. The second kappa shape index (κ2) is 4.77. The van der Waals surface area contributed by atoms with Crippen molar-refractivity contribution in [3.05, 3.63) is 40.3 Å². The van der Waals surface area contributed by atoms with Gasteiger partial charge in [-0.25, -0.2) is 0 Å². The van der Waals surface area contributed by atoms with Crippen molar-refractivity contribution >= 4 is 5.69 Å². The molecule has 0 atom stereocenters. The van der Waals surface area contributed by atoms with Crippen molar-refractivity contribution in [3.63, 3.8) is 0 Å². The van der Waals surface area contributed by atoms with Crippen LogP contribution in [0.1, 0.15) is 18.7 Å². The normalized spacial score (nSPS) is 14.5. The third-order valence-corrected chi connectivity index (χ3v) is 2.93. The second-order valence-electron chi connectivity index (χ2n) is 4.44. The molecular weight excluding hydrogens is 248 g/mol. The van der Waals surface area contributed by atoms with Crippen LogP contribution in [0.15, 0.2) is 28.8 Å². The molecule has 1 aromatic heterocycles. The van der Waals surface area contributed by atoms with E-state index in [-0.39, 0.29) is 11.5 Å². The van der Waals surface area contributed by atoms with Crippen LogP contribution < -0.4 is 5.32 Å². The molecule has 0 bridgehead atoms. The molecule has 98 valence electrons. The summed E-state index contributed by atoms with van der Waals surface area (Å²) in [4.78, 5) is 14.7. The molecule has 0 saturated heterocycles. The Kier molecular flexibility index (Phi) is 2.96. The van der Waals surface area contributed by atoms with E-state index in [1.807, 2.05) is 0 Å². The lowest BCUT2D eigenvalue weighted by atomic mass is 10.2. The fourth-order valence-corrected chi connectivity index (χ4v) is 1.78. The molecule has 1 aliphatic rings. The average molecular weight is 260 g/mol. The molecule has 7 heteroatoms. The predicted molar refractivity (Wildman–Crippen MR) is 66.3 cm³/mol. The highest BCUT2D eigenvalue weighted by molar-refractivity contribution is 5.67. The third kappa shape index (κ3) is 2.60. The van der Waals surface area contributed by atoms with Crippen molar-refractivity contribution < 1.29 is 9.45 Å². The number of benzene rings is 1. The molecule has 1 heterocycles. The van der Waals surface area contributed by atoms with Gasteiger partial charge in [-0.3, -0.25) is 10.1 Å². The third-order valence-electron chi connectivity index (χ3n) is 2.93. The van der Waals surface area contributed by atoms with E-state index in [4.69, 9.17) is 4.52 Å². The Morgan fingerprint density at radius 3 is 2.95 bits per heavy atom. The quantitative estimate of drug-likeness (QED) is 0.651. The van der Waals surface area contributed by atoms with E-state index in [0.29, 0.717) is 24.0 Å². The van der Waals surface area contributed by atoms with Gasteiger partial charge in [-0.2, -0.15) is 4.98 Å². The molecule has 0 radical (unpaired) electrons. The lowest BCUT2D eigenvalue weighted by molar-refractivity contribution is -0.384. The SMILES string of the molecule is O=[N+]([O-])c1ccccc1-c1noc(CNC2CC2)n1. The molecule has 1 aromatic carbocycles. The molecule has 1 saturated carbocycles. The topological polar surface area (TPSA) is 94.1 Å². The van der Waals surface area contributed by atoms with Gasteiger partial charge in [0, 0.05) is 12.1 Å². The van der Waals surface area contributed by atoms with Crippen molar-refractivity contribution in [2.45, 2.75) is 25.4 Å². The van der Waals surface area contributed by atoms with Gasteiger partial charge in [-0.1, -0.05) is 17.3 Å². The van der Waals surface area contributed by atoms with E-state index in [2.05, 4.69) is 15.5 Å². The van der Waals surface area contributed by atoms with E-state index in [1.165, 1.54) is 18.9 Å². The molecule has 19 heavy (non-hydrogen) atoms. The maximum atomic E-state index is 10.9. The van der Waals surface area contributed by atoms with E-state index >= 15 is 0 Å². The van der Waals surface area contributed by atoms with E-state index in [9.17, 15) is 10.1 Å². The van der Waals surface area contributed by atoms with Gasteiger partial charge in [-0.15, -0.1) is 0 Å². The predicted octanol–water partition coefficient (Wildman–Crippen LogP) is 1.90. The van der Waals surface area contributed by atoms with Gasteiger partial charge in [0.15, 0.2) is 0 Å². The smallest absolute Gasteiger partial charge is 0.280 e. The zero-order valence-electron chi connectivity index (χ0n) is 10.1. The summed E-state index contributed by atoms with van der Waals surface area (Å²) in [6.45, 7) is 0.498. The highest BCUT2D eigenvalue weighted by Gasteiger charge is 2.22. The molecule has 1 N–H and O–H groups in total. The fraction of sp³-hybridized carbons (Fsp3) is 0.333. The molecule has 7 nitrogen and oxygen atoms in total. The summed E-state index contributed by atoms with van der Waals surface area (Å²) in [5.74, 6) is 0.694. The number of nitro benzene ring substituents is 1. The van der Waals surface area contributed by atoms with Crippen LogP contribution in [0, 0.1) is 10.1 Å². The molecule has 0 aliphatic heterocycles. The standard InChI is InChI=1S/C12H12N4O3/c17-16(18)10-4-2-1-3-9(10)12-14-11(19-15-12)7-13-8-5-6-8/h1-4,8,13H,5-7H2. The van der Waals surface area contributed by atoms with E-state index in [1.54, 1.807) is 18.2 Å². The summed E-state index contributed by atoms with van der Waals surface area (Å²) >= 11 is 0. The lowest BCUT2D eigenvalue weighted by Gasteiger charge is -1.96. The largest absolute Gasteiger partial charge is 0.338 e. The van der Waals surface area contributed by atoms with Crippen LogP contribution in [-0.2, 0) is 6.54 Å². The Bertz CT molecular complexity index is 607. The second-order valence-corrected chi connectivity index (χ2v) is 4.44. The van der Waals surface area contributed by atoms with Crippen LogP contribution in [0.2, 0.25) is 0 Å². The molecule has 0 unspecified atom stereocenters. The first kappa shape index (κ1) is 11.8. The zero-order valence-corrected chi connectivity index (χ0v) is 10.1. The van der Waals surface area contributed by atoms with Gasteiger partial charge < -0.3 is 9.84 Å². The molecule has 1 aliphatic carbocycles. The zero-order chi connectivity index (χ0) is 13.2. The van der Waals surface area contributed by atoms with Crippen LogP contribution in [0.3, 0.4) is 0 Å². The Labute approximate surface area is 108 Å². The Hall–Kier alpha value is -2.28. The number of aromatic nitrogens is 2. The minimum atomic E-state index is -0.451. The summed E-state index contributed by atoms with van der Waals surface area (Å²) in [5.41, 5.74) is 0.346. The number of nitro groups is 1. The molecule has 1 fully saturated rings. The van der Waals surface area contributed by atoms with Gasteiger partial charge in [0.1, 0.15) is 5.56 Å². The number of hydrogen-bond donors (Lipinski definition) is 1. The van der Waals surface area contributed by atoms with E-state index in [0.717, 1.165) is 0 Å². The van der Waals surface area contributed by atoms with Crippen molar-refractivity contribution in [1.29, 1.82) is 0 Å². The van der Waals surface area contributed by atoms with Gasteiger partial charge in [-0.05, 0) is 18.9 Å².